The summed E-state index contributed by atoms with van der Waals surface area (Å²) in [5.41, 5.74) is 2.80. The molecule has 1 fully saturated rings. The minimum Gasteiger partial charge on any atom is -0.490 e. The number of nitrogens with one attached hydrogen (secondary N) is 2. The molecule has 4 rings (SSSR count). The first-order chi connectivity index (χ1) is 18.8. The van der Waals surface area contributed by atoms with Gasteiger partial charge in [-0.15, -0.1) is 0 Å². The number of halogens is 2. The molecule has 0 aromatic heterocycles. The molecule has 1 aliphatic rings. The second-order valence-electron chi connectivity index (χ2n) is 8.61. The number of rotatable bonds is 10. The van der Waals surface area contributed by atoms with Gasteiger partial charge in [0.2, 0.25) is 5.91 Å². The average Bonchev–Trinajstić information content (AvgIpc) is 3.17. The van der Waals surface area contributed by atoms with Crippen LogP contribution in [0.25, 0.3) is 6.08 Å². The van der Waals surface area contributed by atoms with Crippen molar-refractivity contribution in [2.24, 2.45) is 0 Å². The molecule has 0 radical (unpaired) electrons. The second-order valence-corrected chi connectivity index (χ2v) is 9.46. The monoisotopic (exact) mass is 595 g/mol. The van der Waals surface area contributed by atoms with Crippen LogP contribution in [0.3, 0.4) is 0 Å². The second kappa shape index (κ2) is 12.6. The number of anilines is 1. The van der Waals surface area contributed by atoms with E-state index in [-0.39, 0.29) is 18.1 Å². The summed E-state index contributed by atoms with van der Waals surface area (Å²) >= 11 is 3.48. The summed E-state index contributed by atoms with van der Waals surface area (Å²) in [7, 11) is 0. The molecule has 0 unspecified atom stereocenters. The Hall–Kier alpha value is -4.18. The molecule has 0 aliphatic carbocycles. The largest absolute Gasteiger partial charge is 0.490 e. The van der Waals surface area contributed by atoms with Crippen LogP contribution in [-0.2, 0) is 22.6 Å². The summed E-state index contributed by atoms with van der Waals surface area (Å²) < 4.78 is 25.7. The highest BCUT2D eigenvalue weighted by molar-refractivity contribution is 9.10. The van der Waals surface area contributed by atoms with Gasteiger partial charge in [-0.1, -0.05) is 53.2 Å². The predicted octanol–water partition coefficient (Wildman–Crippen LogP) is 5.66. The fourth-order valence-corrected chi connectivity index (χ4v) is 4.42. The summed E-state index contributed by atoms with van der Waals surface area (Å²) in [5.74, 6) is -0.644. The first-order valence-corrected chi connectivity index (χ1v) is 13.1. The van der Waals surface area contributed by atoms with E-state index in [0.717, 1.165) is 16.9 Å². The van der Waals surface area contributed by atoms with E-state index in [1.807, 2.05) is 26.0 Å². The standard InChI is InChI=1S/C29H27BrFN3O5/c1-3-19-9-5-6-11-23(19)32-27(35)16-34-28(36)24(33-29(34)37)13-20-14-25(38-4-2)26(15-22(20)30)39-17-18-8-7-10-21(31)12-18/h5-15H,3-4,16-17H2,1-2H3,(H,32,35)(H,33,37)/b24-13+. The number of carbonyl (C=O) groups excluding carboxylic acids is 3. The molecule has 10 heteroatoms. The van der Waals surface area contributed by atoms with E-state index >= 15 is 0 Å². The number of imide groups is 1. The Balaban J connectivity index is 1.49. The molecule has 3 aromatic rings. The molecule has 1 aliphatic heterocycles. The molecule has 4 amide bonds. The number of amides is 4. The van der Waals surface area contributed by atoms with Gasteiger partial charge < -0.3 is 20.1 Å². The maximum atomic E-state index is 13.5. The minimum atomic E-state index is -0.693. The summed E-state index contributed by atoms with van der Waals surface area (Å²) in [6.45, 7) is 3.84. The minimum absolute atomic E-state index is 0.0123. The molecular weight excluding hydrogens is 569 g/mol. The van der Waals surface area contributed by atoms with E-state index in [2.05, 4.69) is 26.6 Å². The van der Waals surface area contributed by atoms with E-state index in [9.17, 15) is 18.8 Å². The molecule has 1 heterocycles. The number of carbonyl (C=O) groups is 3. The van der Waals surface area contributed by atoms with Crippen molar-refractivity contribution in [2.45, 2.75) is 26.9 Å². The number of hydrogen-bond acceptors (Lipinski definition) is 5. The van der Waals surface area contributed by atoms with Gasteiger partial charge in [0.05, 0.1) is 6.61 Å². The number of hydrogen-bond donors (Lipinski definition) is 2. The van der Waals surface area contributed by atoms with Crippen LogP contribution in [0.1, 0.15) is 30.5 Å². The summed E-state index contributed by atoms with van der Waals surface area (Å²) in [6.07, 6.45) is 2.22. The molecule has 8 nitrogen and oxygen atoms in total. The zero-order chi connectivity index (χ0) is 27.9. The Kier molecular flexibility index (Phi) is 8.98. The van der Waals surface area contributed by atoms with Crippen LogP contribution >= 0.6 is 15.9 Å². The number of nitrogens with zero attached hydrogens (tertiary/aromatic N) is 1. The van der Waals surface area contributed by atoms with Crippen molar-refractivity contribution in [3.8, 4) is 11.5 Å². The van der Waals surface area contributed by atoms with Gasteiger partial charge in [0.25, 0.3) is 5.91 Å². The van der Waals surface area contributed by atoms with Crippen molar-refractivity contribution in [2.75, 3.05) is 18.5 Å². The van der Waals surface area contributed by atoms with E-state index in [1.165, 1.54) is 18.2 Å². The smallest absolute Gasteiger partial charge is 0.329 e. The van der Waals surface area contributed by atoms with Crippen LogP contribution in [0.5, 0.6) is 11.5 Å². The van der Waals surface area contributed by atoms with Crippen molar-refractivity contribution in [3.63, 3.8) is 0 Å². The van der Waals surface area contributed by atoms with Crippen LogP contribution in [-0.4, -0.2) is 35.9 Å². The van der Waals surface area contributed by atoms with E-state index in [0.29, 0.717) is 39.4 Å². The van der Waals surface area contributed by atoms with Gasteiger partial charge in [0.15, 0.2) is 11.5 Å². The highest BCUT2D eigenvalue weighted by Gasteiger charge is 2.35. The molecule has 0 bridgehead atoms. The van der Waals surface area contributed by atoms with E-state index in [1.54, 1.807) is 36.4 Å². The van der Waals surface area contributed by atoms with Crippen molar-refractivity contribution in [1.29, 1.82) is 0 Å². The fourth-order valence-electron chi connectivity index (χ4n) is 3.99. The van der Waals surface area contributed by atoms with Crippen molar-refractivity contribution < 1.29 is 28.2 Å². The highest BCUT2D eigenvalue weighted by Crippen LogP contribution is 2.35. The molecule has 0 atom stereocenters. The van der Waals surface area contributed by atoms with Gasteiger partial charge in [0, 0.05) is 10.2 Å². The van der Waals surface area contributed by atoms with Crippen LogP contribution < -0.4 is 20.1 Å². The third kappa shape index (κ3) is 6.83. The highest BCUT2D eigenvalue weighted by atomic mass is 79.9. The van der Waals surface area contributed by atoms with Gasteiger partial charge in [-0.3, -0.25) is 9.59 Å². The molecule has 3 aromatic carbocycles. The Morgan fingerprint density at radius 2 is 1.82 bits per heavy atom. The van der Waals surface area contributed by atoms with Gasteiger partial charge in [-0.2, -0.15) is 0 Å². The maximum Gasteiger partial charge on any atom is 0.329 e. The lowest BCUT2D eigenvalue weighted by Crippen LogP contribution is -2.38. The quantitative estimate of drug-likeness (QED) is 0.233. The number of benzene rings is 3. The topological polar surface area (TPSA) is 97.0 Å². The molecule has 202 valence electrons. The van der Waals surface area contributed by atoms with Gasteiger partial charge in [-0.25, -0.2) is 14.1 Å². The zero-order valence-electron chi connectivity index (χ0n) is 21.4. The first-order valence-electron chi connectivity index (χ1n) is 12.3. The zero-order valence-corrected chi connectivity index (χ0v) is 23.0. The van der Waals surface area contributed by atoms with E-state index in [4.69, 9.17) is 9.47 Å². The number of ether oxygens (including phenoxy) is 2. The van der Waals surface area contributed by atoms with Crippen molar-refractivity contribution >= 4 is 45.5 Å². The van der Waals surface area contributed by atoms with Crippen LogP contribution in [0.4, 0.5) is 14.9 Å². The third-order valence-electron chi connectivity index (χ3n) is 5.88. The first kappa shape index (κ1) is 27.8. The Morgan fingerprint density at radius 3 is 2.56 bits per heavy atom. The molecule has 1 saturated heterocycles. The summed E-state index contributed by atoms with van der Waals surface area (Å²) in [6, 6.07) is 16.1. The maximum absolute atomic E-state index is 13.5. The molecule has 39 heavy (non-hydrogen) atoms. The number of urea groups is 1. The fraction of sp³-hybridized carbons (Fsp3) is 0.207. The Bertz CT molecular complexity index is 1440. The van der Waals surface area contributed by atoms with Crippen molar-refractivity contribution in [3.05, 3.63) is 93.3 Å². The predicted molar refractivity (Wildman–Crippen MR) is 149 cm³/mol. The van der Waals surface area contributed by atoms with E-state index < -0.39 is 24.4 Å². The van der Waals surface area contributed by atoms with Gasteiger partial charge in [0.1, 0.15) is 24.7 Å². The van der Waals surface area contributed by atoms with Crippen molar-refractivity contribution in [1.82, 2.24) is 10.2 Å². The SMILES string of the molecule is CCOc1cc(/C=C2/NC(=O)N(CC(=O)Nc3ccccc3CC)C2=O)c(Br)cc1OCc1cccc(F)c1. The van der Waals surface area contributed by atoms with Crippen LogP contribution in [0, 0.1) is 5.82 Å². The normalized spacial score (nSPS) is 13.9. The Morgan fingerprint density at radius 1 is 1.05 bits per heavy atom. The third-order valence-corrected chi connectivity index (χ3v) is 6.57. The number of aryl methyl sites for hydroxylation is 1. The van der Waals surface area contributed by atoms with Gasteiger partial charge in [-0.05, 0) is 66.4 Å². The lowest BCUT2D eigenvalue weighted by Gasteiger charge is -2.14. The Labute approximate surface area is 233 Å². The van der Waals surface area contributed by atoms with Gasteiger partial charge >= 0.3 is 6.03 Å². The van der Waals surface area contributed by atoms with Crippen LogP contribution in [0.15, 0.2) is 70.8 Å². The summed E-state index contributed by atoms with van der Waals surface area (Å²) in [4.78, 5) is 39.0. The molecule has 2 N–H and O–H groups in total. The lowest BCUT2D eigenvalue weighted by atomic mass is 10.1. The molecular formula is C29H27BrFN3O5. The summed E-state index contributed by atoms with van der Waals surface area (Å²) in [5, 5.41) is 5.30. The lowest BCUT2D eigenvalue weighted by molar-refractivity contribution is -0.127. The average molecular weight is 596 g/mol. The molecule has 0 spiro atoms. The number of para-hydroxylation sites is 1. The van der Waals surface area contributed by atoms with Crippen LogP contribution in [0.2, 0.25) is 0 Å². The molecule has 0 saturated carbocycles.